The van der Waals surface area contributed by atoms with Crippen molar-refractivity contribution in [3.05, 3.63) is 35.9 Å². The first-order valence-corrected chi connectivity index (χ1v) is 10.3. The van der Waals surface area contributed by atoms with Crippen molar-refractivity contribution in [1.82, 2.24) is 10.6 Å². The Kier molecular flexibility index (Phi) is 8.39. The molecule has 1 aromatic rings. The predicted molar refractivity (Wildman–Crippen MR) is 106 cm³/mol. The molecule has 1 aliphatic rings. The lowest BCUT2D eigenvalue weighted by Gasteiger charge is -2.23. The Morgan fingerprint density at radius 1 is 1.15 bits per heavy atom. The van der Waals surface area contributed by atoms with Crippen LogP contribution in [0, 0.1) is 0 Å². The van der Waals surface area contributed by atoms with Crippen LogP contribution < -0.4 is 10.6 Å². The van der Waals surface area contributed by atoms with E-state index in [4.69, 9.17) is 4.74 Å². The first-order chi connectivity index (χ1) is 13.0. The van der Waals surface area contributed by atoms with Crippen LogP contribution in [0.15, 0.2) is 35.2 Å². The maximum Gasteiger partial charge on any atom is 0.331 e. The molecule has 0 radical (unpaired) electrons. The van der Waals surface area contributed by atoms with E-state index in [-0.39, 0.29) is 6.04 Å². The van der Waals surface area contributed by atoms with Crippen LogP contribution in [0.3, 0.4) is 0 Å². The first-order valence-electron chi connectivity index (χ1n) is 9.12. The van der Waals surface area contributed by atoms with Crippen molar-refractivity contribution in [3.63, 3.8) is 0 Å². The number of amides is 3. The fraction of sp³-hybridized carbons (Fsp3) is 0.450. The number of urea groups is 1. The summed E-state index contributed by atoms with van der Waals surface area (Å²) in [5, 5.41) is 5.01. The quantitative estimate of drug-likeness (QED) is 0.441. The Balaban J connectivity index is 1.75. The summed E-state index contributed by atoms with van der Waals surface area (Å²) in [5.74, 6) is -1.28. The van der Waals surface area contributed by atoms with Crippen LogP contribution >= 0.6 is 11.8 Å². The zero-order valence-corrected chi connectivity index (χ0v) is 16.5. The molecule has 1 saturated carbocycles. The number of imide groups is 1. The van der Waals surface area contributed by atoms with E-state index in [1.807, 2.05) is 30.5 Å². The molecule has 0 aromatic heterocycles. The summed E-state index contributed by atoms with van der Waals surface area (Å²) >= 11 is 1.64. The summed E-state index contributed by atoms with van der Waals surface area (Å²) in [7, 11) is 0. The second-order valence-corrected chi connectivity index (χ2v) is 7.36. The Morgan fingerprint density at radius 3 is 2.44 bits per heavy atom. The highest BCUT2D eigenvalue weighted by molar-refractivity contribution is 7.98. The highest BCUT2D eigenvalue weighted by Crippen LogP contribution is 2.17. The molecule has 1 aromatic carbocycles. The minimum absolute atomic E-state index is 0.102. The number of benzene rings is 1. The van der Waals surface area contributed by atoms with Crippen molar-refractivity contribution < 1.29 is 19.1 Å². The SMILES string of the molecule is CSc1ccc(/C=C/C(=O)O[C@@H](C)C(=O)NC(=O)NC2CCCCC2)cc1. The molecule has 27 heavy (non-hydrogen) atoms. The lowest BCUT2D eigenvalue weighted by molar-refractivity contribution is -0.149. The van der Waals surface area contributed by atoms with Gasteiger partial charge in [0, 0.05) is 17.0 Å². The molecule has 6 nitrogen and oxygen atoms in total. The fourth-order valence-electron chi connectivity index (χ4n) is 2.83. The molecule has 1 aliphatic carbocycles. The molecule has 1 atom stereocenters. The van der Waals surface area contributed by atoms with Crippen LogP contribution in [0.1, 0.15) is 44.6 Å². The van der Waals surface area contributed by atoms with Crippen molar-refractivity contribution in [2.24, 2.45) is 0 Å². The van der Waals surface area contributed by atoms with Gasteiger partial charge in [0.25, 0.3) is 5.91 Å². The van der Waals surface area contributed by atoms with Crippen LogP contribution in [0.5, 0.6) is 0 Å². The Labute approximate surface area is 164 Å². The van der Waals surface area contributed by atoms with Gasteiger partial charge in [0.15, 0.2) is 6.10 Å². The van der Waals surface area contributed by atoms with E-state index in [1.165, 1.54) is 19.4 Å². The van der Waals surface area contributed by atoms with Gasteiger partial charge >= 0.3 is 12.0 Å². The fourth-order valence-corrected chi connectivity index (χ4v) is 3.24. The number of hydrogen-bond donors (Lipinski definition) is 2. The molecule has 0 aliphatic heterocycles. The molecule has 0 spiro atoms. The summed E-state index contributed by atoms with van der Waals surface area (Å²) in [4.78, 5) is 36.9. The lowest BCUT2D eigenvalue weighted by atomic mass is 9.96. The topological polar surface area (TPSA) is 84.5 Å². The van der Waals surface area contributed by atoms with Gasteiger partial charge in [-0.2, -0.15) is 0 Å². The number of rotatable bonds is 6. The van der Waals surface area contributed by atoms with Crippen molar-refractivity contribution in [3.8, 4) is 0 Å². The maximum absolute atomic E-state index is 12.0. The highest BCUT2D eigenvalue weighted by Gasteiger charge is 2.21. The molecule has 0 saturated heterocycles. The van der Waals surface area contributed by atoms with Gasteiger partial charge < -0.3 is 10.1 Å². The molecule has 2 rings (SSSR count). The zero-order chi connectivity index (χ0) is 19.6. The Hall–Kier alpha value is -2.28. The molecule has 2 N–H and O–H groups in total. The second-order valence-electron chi connectivity index (χ2n) is 6.48. The number of carbonyl (C=O) groups excluding carboxylic acids is 3. The Bertz CT molecular complexity index is 682. The van der Waals surface area contributed by atoms with Crippen molar-refractivity contribution in [1.29, 1.82) is 0 Å². The summed E-state index contributed by atoms with van der Waals surface area (Å²) < 4.78 is 5.05. The molecule has 0 unspecified atom stereocenters. The van der Waals surface area contributed by atoms with Gasteiger partial charge in [-0.3, -0.25) is 10.1 Å². The van der Waals surface area contributed by atoms with Gasteiger partial charge in [0.2, 0.25) is 0 Å². The van der Waals surface area contributed by atoms with E-state index < -0.39 is 24.0 Å². The van der Waals surface area contributed by atoms with E-state index >= 15 is 0 Å². The number of ether oxygens (including phenoxy) is 1. The van der Waals surface area contributed by atoms with Crippen LogP contribution in [0.25, 0.3) is 6.08 Å². The van der Waals surface area contributed by atoms with Crippen molar-refractivity contribution in [2.75, 3.05) is 6.26 Å². The van der Waals surface area contributed by atoms with Crippen molar-refractivity contribution >= 4 is 35.7 Å². The monoisotopic (exact) mass is 390 g/mol. The largest absolute Gasteiger partial charge is 0.449 e. The highest BCUT2D eigenvalue weighted by atomic mass is 32.2. The molecule has 7 heteroatoms. The smallest absolute Gasteiger partial charge is 0.331 e. The number of carbonyl (C=O) groups is 3. The predicted octanol–water partition coefficient (Wildman–Crippen LogP) is 3.51. The minimum atomic E-state index is -1.06. The van der Waals surface area contributed by atoms with Crippen LogP contribution in [-0.4, -0.2) is 36.3 Å². The minimum Gasteiger partial charge on any atom is -0.449 e. The molecule has 0 bridgehead atoms. The zero-order valence-electron chi connectivity index (χ0n) is 15.7. The number of nitrogens with one attached hydrogen (secondary N) is 2. The van der Waals surface area contributed by atoms with Crippen LogP contribution in [-0.2, 0) is 14.3 Å². The van der Waals surface area contributed by atoms with E-state index in [1.54, 1.807) is 17.8 Å². The Morgan fingerprint density at radius 2 is 1.81 bits per heavy atom. The number of hydrogen-bond acceptors (Lipinski definition) is 5. The second kappa shape index (κ2) is 10.8. The van der Waals surface area contributed by atoms with E-state index in [0.717, 1.165) is 36.1 Å². The maximum atomic E-state index is 12.0. The normalized spacial score (nSPS) is 15.9. The average molecular weight is 391 g/mol. The first kappa shape index (κ1) is 21.0. The molecule has 3 amide bonds. The third kappa shape index (κ3) is 7.46. The lowest BCUT2D eigenvalue weighted by Crippen LogP contribution is -2.48. The molecular weight excluding hydrogens is 364 g/mol. The number of thioether (sulfide) groups is 1. The van der Waals surface area contributed by atoms with Gasteiger partial charge in [-0.25, -0.2) is 9.59 Å². The van der Waals surface area contributed by atoms with Crippen LogP contribution in [0.4, 0.5) is 4.79 Å². The third-order valence-corrected chi connectivity index (χ3v) is 5.11. The van der Waals surface area contributed by atoms with Gasteiger partial charge in [-0.15, -0.1) is 11.8 Å². The third-order valence-electron chi connectivity index (χ3n) is 4.37. The van der Waals surface area contributed by atoms with Crippen LogP contribution in [0.2, 0.25) is 0 Å². The van der Waals surface area contributed by atoms with E-state index in [9.17, 15) is 14.4 Å². The summed E-state index contributed by atoms with van der Waals surface area (Å²) in [6.07, 6.45) is 9.01. The molecule has 146 valence electrons. The van der Waals surface area contributed by atoms with Gasteiger partial charge in [0.1, 0.15) is 0 Å². The van der Waals surface area contributed by atoms with E-state index in [2.05, 4.69) is 10.6 Å². The van der Waals surface area contributed by atoms with E-state index in [0.29, 0.717) is 0 Å². The van der Waals surface area contributed by atoms with Gasteiger partial charge in [-0.05, 0) is 49.8 Å². The molecular formula is C20H26N2O4S. The van der Waals surface area contributed by atoms with Crippen molar-refractivity contribution in [2.45, 2.75) is 56.1 Å². The average Bonchev–Trinajstić information content (AvgIpc) is 2.67. The molecule has 1 fully saturated rings. The van der Waals surface area contributed by atoms with Gasteiger partial charge in [-0.1, -0.05) is 31.4 Å². The number of esters is 1. The molecule has 0 heterocycles. The summed E-state index contributed by atoms with van der Waals surface area (Å²) in [6.45, 7) is 1.43. The van der Waals surface area contributed by atoms with Gasteiger partial charge in [0.05, 0.1) is 0 Å². The summed E-state index contributed by atoms with van der Waals surface area (Å²) in [6, 6.07) is 7.25. The summed E-state index contributed by atoms with van der Waals surface area (Å²) in [5.41, 5.74) is 0.855. The standard InChI is InChI=1S/C20H26N2O4S/c1-14(19(24)22-20(25)21-16-6-4-3-5-7-16)26-18(23)13-10-15-8-11-17(27-2)12-9-15/h8-14,16H,3-7H2,1-2H3,(H2,21,22,24,25)/b13-10+/t14-/m0/s1.